The number of hydrogen-bond acceptors (Lipinski definition) is 5. The van der Waals surface area contributed by atoms with Crippen LogP contribution in [0.2, 0.25) is 0 Å². The van der Waals surface area contributed by atoms with E-state index in [1.54, 1.807) is 6.07 Å². The average Bonchev–Trinajstić information content (AvgIpc) is 3.09. The number of carbonyl (C=O) groups excluding carboxylic acids is 1. The van der Waals surface area contributed by atoms with Gasteiger partial charge in [-0.1, -0.05) is 36.4 Å². The van der Waals surface area contributed by atoms with Gasteiger partial charge in [-0.3, -0.25) is 4.79 Å². The van der Waals surface area contributed by atoms with Gasteiger partial charge >= 0.3 is 0 Å². The van der Waals surface area contributed by atoms with Crippen LogP contribution in [-0.4, -0.2) is 32.1 Å². The minimum Gasteiger partial charge on any atom is -0.393 e. The summed E-state index contributed by atoms with van der Waals surface area (Å²) in [5.41, 5.74) is 8.11. The third-order valence-corrected chi connectivity index (χ3v) is 4.45. The van der Waals surface area contributed by atoms with Crippen LogP contribution in [0.15, 0.2) is 48.2 Å². The highest BCUT2D eigenvalue weighted by atomic mass is 16.3. The van der Waals surface area contributed by atoms with Crippen molar-refractivity contribution in [2.75, 3.05) is 5.32 Å². The molecule has 26 heavy (non-hydrogen) atoms. The Morgan fingerprint density at radius 1 is 1.27 bits per heavy atom. The highest BCUT2D eigenvalue weighted by molar-refractivity contribution is 5.99. The number of carbonyl (C=O) groups is 1. The Kier molecular flexibility index (Phi) is 4.14. The molecule has 1 aliphatic rings. The van der Waals surface area contributed by atoms with Gasteiger partial charge in [-0.05, 0) is 25.3 Å². The number of aromatic nitrogens is 3. The molecule has 2 heterocycles. The van der Waals surface area contributed by atoms with Crippen molar-refractivity contribution in [2.24, 2.45) is 5.73 Å². The summed E-state index contributed by atoms with van der Waals surface area (Å²) in [5.74, 6) is 0.616. The molecule has 0 radical (unpaired) electrons. The number of fused-ring (bicyclic) bond motifs is 1. The van der Waals surface area contributed by atoms with Gasteiger partial charge in [0, 0.05) is 11.3 Å². The molecule has 2 aromatic heterocycles. The zero-order valence-electron chi connectivity index (χ0n) is 14.1. The summed E-state index contributed by atoms with van der Waals surface area (Å²) in [7, 11) is 0. The molecule has 0 bridgehead atoms. The SMILES string of the molecule is NC(=O)c1cc2c(NC3=CC[C@@H](O)CC3)nc(-c3ccccc3)nc2[nH]1. The van der Waals surface area contributed by atoms with E-state index in [-0.39, 0.29) is 11.8 Å². The van der Waals surface area contributed by atoms with Crippen LogP contribution < -0.4 is 11.1 Å². The van der Waals surface area contributed by atoms with Gasteiger partial charge in [0.25, 0.3) is 5.91 Å². The Balaban J connectivity index is 1.81. The third-order valence-electron chi connectivity index (χ3n) is 4.45. The molecule has 7 nitrogen and oxygen atoms in total. The predicted octanol–water partition coefficient (Wildman–Crippen LogP) is 2.56. The molecule has 132 valence electrons. The predicted molar refractivity (Wildman–Crippen MR) is 99.4 cm³/mol. The molecule has 3 aromatic rings. The van der Waals surface area contributed by atoms with Crippen molar-refractivity contribution in [3.8, 4) is 11.4 Å². The normalized spacial score (nSPS) is 17.1. The van der Waals surface area contributed by atoms with Gasteiger partial charge in [-0.2, -0.15) is 0 Å². The molecule has 1 atom stereocenters. The van der Waals surface area contributed by atoms with E-state index in [1.165, 1.54) is 0 Å². The molecule has 1 amide bonds. The van der Waals surface area contributed by atoms with E-state index >= 15 is 0 Å². The molecule has 0 saturated carbocycles. The van der Waals surface area contributed by atoms with Crippen molar-refractivity contribution >= 4 is 22.8 Å². The minimum atomic E-state index is -0.546. The van der Waals surface area contributed by atoms with Crippen LogP contribution >= 0.6 is 0 Å². The number of anilines is 1. The molecule has 1 aliphatic carbocycles. The fraction of sp³-hybridized carbons (Fsp3) is 0.211. The van der Waals surface area contributed by atoms with Gasteiger partial charge < -0.3 is 21.1 Å². The summed E-state index contributed by atoms with van der Waals surface area (Å²) in [6.07, 6.45) is 3.74. The highest BCUT2D eigenvalue weighted by Crippen LogP contribution is 2.28. The number of primary amides is 1. The molecule has 0 saturated heterocycles. The second-order valence-corrected chi connectivity index (χ2v) is 6.35. The second-order valence-electron chi connectivity index (χ2n) is 6.35. The van der Waals surface area contributed by atoms with Crippen molar-refractivity contribution < 1.29 is 9.90 Å². The maximum absolute atomic E-state index is 11.5. The number of allylic oxidation sites excluding steroid dienone is 1. The molecule has 0 spiro atoms. The van der Waals surface area contributed by atoms with Crippen molar-refractivity contribution in [3.05, 3.63) is 53.9 Å². The largest absolute Gasteiger partial charge is 0.393 e. The average molecular weight is 349 g/mol. The number of nitrogens with one attached hydrogen (secondary N) is 2. The fourth-order valence-electron chi connectivity index (χ4n) is 3.04. The van der Waals surface area contributed by atoms with E-state index < -0.39 is 5.91 Å². The summed E-state index contributed by atoms with van der Waals surface area (Å²) >= 11 is 0. The lowest BCUT2D eigenvalue weighted by Gasteiger charge is -2.19. The molecular formula is C19H19N5O2. The Morgan fingerprint density at radius 2 is 2.08 bits per heavy atom. The number of aliphatic hydroxyl groups is 1. The van der Waals surface area contributed by atoms with E-state index in [9.17, 15) is 9.90 Å². The maximum atomic E-state index is 11.5. The van der Waals surface area contributed by atoms with Crippen LogP contribution in [0, 0.1) is 0 Å². The molecule has 0 unspecified atom stereocenters. The quantitative estimate of drug-likeness (QED) is 0.577. The van der Waals surface area contributed by atoms with E-state index in [2.05, 4.69) is 20.3 Å². The number of hydrogen-bond donors (Lipinski definition) is 4. The summed E-state index contributed by atoms with van der Waals surface area (Å²) in [4.78, 5) is 23.7. The first-order chi connectivity index (χ1) is 12.6. The van der Waals surface area contributed by atoms with E-state index in [0.717, 1.165) is 17.7 Å². The standard InChI is InChI=1S/C19H19N5O2/c20-16(26)15-10-14-18(21-12-6-8-13(25)9-7-12)23-17(24-19(14)22-15)11-4-2-1-3-5-11/h1-6,10,13,25H,7-9H2,(H2,20,26)(H2,21,22,23,24)/t13-/m1/s1. The van der Waals surface area contributed by atoms with Crippen LogP contribution in [0.3, 0.4) is 0 Å². The fourth-order valence-corrected chi connectivity index (χ4v) is 3.04. The van der Waals surface area contributed by atoms with Crippen molar-refractivity contribution in [3.63, 3.8) is 0 Å². The minimum absolute atomic E-state index is 0.288. The third kappa shape index (κ3) is 3.16. The second kappa shape index (κ2) is 6.61. The van der Waals surface area contributed by atoms with Crippen LogP contribution in [0.1, 0.15) is 29.8 Å². The lowest BCUT2D eigenvalue weighted by molar-refractivity contribution is 0.0996. The zero-order chi connectivity index (χ0) is 18.1. The van der Waals surface area contributed by atoms with E-state index in [1.807, 2.05) is 36.4 Å². The Morgan fingerprint density at radius 3 is 2.77 bits per heavy atom. The Bertz CT molecular complexity index is 994. The number of benzene rings is 1. The molecular weight excluding hydrogens is 330 g/mol. The van der Waals surface area contributed by atoms with Gasteiger partial charge in [0.15, 0.2) is 5.82 Å². The zero-order valence-corrected chi connectivity index (χ0v) is 14.1. The summed E-state index contributed by atoms with van der Waals surface area (Å²) in [6.45, 7) is 0. The van der Waals surface area contributed by atoms with Crippen LogP contribution in [-0.2, 0) is 0 Å². The summed E-state index contributed by atoms with van der Waals surface area (Å²) in [5, 5.41) is 13.7. The van der Waals surface area contributed by atoms with Gasteiger partial charge in [-0.15, -0.1) is 0 Å². The van der Waals surface area contributed by atoms with Crippen molar-refractivity contribution in [1.82, 2.24) is 15.0 Å². The number of rotatable bonds is 4. The van der Waals surface area contributed by atoms with Gasteiger partial charge in [0.2, 0.25) is 0 Å². The van der Waals surface area contributed by atoms with Crippen molar-refractivity contribution in [2.45, 2.75) is 25.4 Å². The monoisotopic (exact) mass is 349 g/mol. The number of nitrogens with zero attached hydrogens (tertiary/aromatic N) is 2. The molecule has 4 rings (SSSR count). The first-order valence-corrected chi connectivity index (χ1v) is 8.50. The topological polar surface area (TPSA) is 117 Å². The summed E-state index contributed by atoms with van der Waals surface area (Å²) < 4.78 is 0. The number of amides is 1. The Labute approximate surface area is 150 Å². The van der Waals surface area contributed by atoms with Gasteiger partial charge in [-0.25, -0.2) is 9.97 Å². The molecule has 7 heteroatoms. The van der Waals surface area contributed by atoms with E-state index in [0.29, 0.717) is 35.5 Å². The lowest BCUT2D eigenvalue weighted by atomic mass is 10.0. The molecule has 5 N–H and O–H groups in total. The highest BCUT2D eigenvalue weighted by Gasteiger charge is 2.17. The first kappa shape index (κ1) is 16.3. The van der Waals surface area contributed by atoms with Crippen LogP contribution in [0.5, 0.6) is 0 Å². The number of nitrogens with two attached hydrogens (primary N) is 1. The number of H-pyrrole nitrogens is 1. The molecule has 0 fully saturated rings. The number of aromatic amines is 1. The van der Waals surface area contributed by atoms with Gasteiger partial charge in [0.1, 0.15) is 17.2 Å². The number of aliphatic hydroxyl groups excluding tert-OH is 1. The van der Waals surface area contributed by atoms with Crippen LogP contribution in [0.25, 0.3) is 22.4 Å². The first-order valence-electron chi connectivity index (χ1n) is 8.50. The van der Waals surface area contributed by atoms with Gasteiger partial charge in [0.05, 0.1) is 11.5 Å². The van der Waals surface area contributed by atoms with Crippen molar-refractivity contribution in [1.29, 1.82) is 0 Å². The smallest absolute Gasteiger partial charge is 0.265 e. The molecule has 1 aromatic carbocycles. The summed E-state index contributed by atoms with van der Waals surface area (Å²) in [6, 6.07) is 11.3. The Hall–Kier alpha value is -3.19. The van der Waals surface area contributed by atoms with Crippen LogP contribution in [0.4, 0.5) is 5.82 Å². The lowest BCUT2D eigenvalue weighted by Crippen LogP contribution is -2.14. The van der Waals surface area contributed by atoms with E-state index in [4.69, 9.17) is 5.73 Å². The molecule has 0 aliphatic heterocycles. The maximum Gasteiger partial charge on any atom is 0.265 e.